The summed E-state index contributed by atoms with van der Waals surface area (Å²) >= 11 is 0. The van der Waals surface area contributed by atoms with Gasteiger partial charge in [0.05, 0.1) is 6.04 Å². The molecule has 0 aliphatic carbocycles. The van der Waals surface area contributed by atoms with E-state index in [1.54, 1.807) is 0 Å². The van der Waals surface area contributed by atoms with E-state index in [2.05, 4.69) is 26.1 Å². The zero-order valence-corrected chi connectivity index (χ0v) is 10.3. The zero-order valence-electron chi connectivity index (χ0n) is 10.3. The van der Waals surface area contributed by atoms with Crippen LogP contribution in [0.1, 0.15) is 53.9 Å². The molecule has 1 atom stereocenters. The van der Waals surface area contributed by atoms with E-state index >= 15 is 0 Å². The molecule has 0 spiro atoms. The summed E-state index contributed by atoms with van der Waals surface area (Å²) in [5, 5.41) is 3.35. The molecule has 0 bridgehead atoms. The molecule has 0 aromatic heterocycles. The molecule has 0 aromatic rings. The van der Waals surface area contributed by atoms with Crippen LogP contribution in [0.5, 0.6) is 0 Å². The predicted molar refractivity (Wildman–Crippen MR) is 61.4 cm³/mol. The van der Waals surface area contributed by atoms with E-state index in [0.29, 0.717) is 11.8 Å². The fraction of sp³-hybridized carbons (Fsp3) is 0.917. The lowest BCUT2D eigenvalue weighted by Crippen LogP contribution is -2.42. The molecule has 14 heavy (non-hydrogen) atoms. The minimum Gasteiger partial charge on any atom is -0.305 e. The van der Waals surface area contributed by atoms with Gasteiger partial charge in [-0.15, -0.1) is 0 Å². The van der Waals surface area contributed by atoms with Crippen molar-refractivity contribution < 1.29 is 4.79 Å². The van der Waals surface area contributed by atoms with Crippen LogP contribution in [0.25, 0.3) is 0 Å². The fourth-order valence-corrected chi connectivity index (χ4v) is 1.52. The lowest BCUT2D eigenvalue weighted by atomic mass is 9.97. The van der Waals surface area contributed by atoms with Crippen molar-refractivity contribution in [3.8, 4) is 0 Å². The second kappa shape index (κ2) is 6.99. The highest BCUT2D eigenvalue weighted by Gasteiger charge is 2.20. The van der Waals surface area contributed by atoms with Gasteiger partial charge in [-0.05, 0) is 6.42 Å². The molecule has 0 aromatic carbocycles. The fourth-order valence-electron chi connectivity index (χ4n) is 1.52. The van der Waals surface area contributed by atoms with Gasteiger partial charge < -0.3 is 5.32 Å². The van der Waals surface area contributed by atoms with Crippen molar-refractivity contribution in [3.05, 3.63) is 0 Å². The topological polar surface area (TPSA) is 29.1 Å². The minimum absolute atomic E-state index is 0.0648. The number of Topliss-reactive ketones (excluding diaryl/α,β-unsaturated/α-hetero) is 1. The van der Waals surface area contributed by atoms with Gasteiger partial charge >= 0.3 is 0 Å². The van der Waals surface area contributed by atoms with Gasteiger partial charge in [-0.2, -0.15) is 0 Å². The molecule has 0 aliphatic rings. The molecule has 1 N–H and O–H groups in total. The van der Waals surface area contributed by atoms with Crippen LogP contribution in [0.4, 0.5) is 0 Å². The van der Waals surface area contributed by atoms with Gasteiger partial charge in [-0.3, -0.25) is 4.79 Å². The van der Waals surface area contributed by atoms with Gasteiger partial charge in [0.15, 0.2) is 5.78 Å². The summed E-state index contributed by atoms with van der Waals surface area (Å²) in [5.74, 6) is 0.496. The summed E-state index contributed by atoms with van der Waals surface area (Å²) in [6, 6.07) is 0.453. The van der Waals surface area contributed by atoms with Crippen molar-refractivity contribution in [3.63, 3.8) is 0 Å². The SMILES string of the molecule is CCCC[C@@H](NC(C)C)C(=O)C(C)C. The van der Waals surface area contributed by atoms with Crippen LogP contribution in [0, 0.1) is 5.92 Å². The first kappa shape index (κ1) is 13.6. The zero-order chi connectivity index (χ0) is 11.1. The number of carbonyl (C=O) groups excluding carboxylic acids is 1. The third-order valence-electron chi connectivity index (χ3n) is 2.29. The van der Waals surface area contributed by atoms with E-state index in [4.69, 9.17) is 0 Å². The van der Waals surface area contributed by atoms with E-state index in [1.165, 1.54) is 0 Å². The van der Waals surface area contributed by atoms with Crippen molar-refractivity contribution in [2.24, 2.45) is 5.92 Å². The number of hydrogen-bond acceptors (Lipinski definition) is 2. The van der Waals surface area contributed by atoms with Gasteiger partial charge in [-0.1, -0.05) is 47.5 Å². The summed E-state index contributed by atoms with van der Waals surface area (Å²) in [6.07, 6.45) is 3.26. The Morgan fingerprint density at radius 1 is 1.21 bits per heavy atom. The molecule has 84 valence electrons. The molecule has 0 amide bonds. The lowest BCUT2D eigenvalue weighted by molar-refractivity contribution is -0.124. The predicted octanol–water partition coefficient (Wildman–Crippen LogP) is 2.77. The van der Waals surface area contributed by atoms with Crippen LogP contribution in [-0.2, 0) is 4.79 Å². The highest BCUT2D eigenvalue weighted by atomic mass is 16.1. The summed E-state index contributed by atoms with van der Waals surface area (Å²) in [7, 11) is 0. The van der Waals surface area contributed by atoms with Crippen LogP contribution < -0.4 is 5.32 Å². The molecule has 0 saturated heterocycles. The monoisotopic (exact) mass is 199 g/mol. The van der Waals surface area contributed by atoms with Crippen molar-refractivity contribution in [2.45, 2.75) is 66.0 Å². The van der Waals surface area contributed by atoms with Gasteiger partial charge in [0.2, 0.25) is 0 Å². The van der Waals surface area contributed by atoms with Crippen molar-refractivity contribution in [1.29, 1.82) is 0 Å². The Balaban J connectivity index is 4.15. The van der Waals surface area contributed by atoms with Gasteiger partial charge in [0.25, 0.3) is 0 Å². The smallest absolute Gasteiger partial charge is 0.152 e. The van der Waals surface area contributed by atoms with Crippen LogP contribution in [-0.4, -0.2) is 17.9 Å². The van der Waals surface area contributed by atoms with E-state index < -0.39 is 0 Å². The molecule has 2 heteroatoms. The van der Waals surface area contributed by atoms with Crippen molar-refractivity contribution in [1.82, 2.24) is 5.32 Å². The van der Waals surface area contributed by atoms with Crippen LogP contribution in [0.2, 0.25) is 0 Å². The quantitative estimate of drug-likeness (QED) is 0.683. The average molecular weight is 199 g/mol. The van der Waals surface area contributed by atoms with Crippen molar-refractivity contribution >= 4 is 5.78 Å². The van der Waals surface area contributed by atoms with E-state index in [1.807, 2.05) is 13.8 Å². The Hall–Kier alpha value is -0.370. The van der Waals surface area contributed by atoms with E-state index in [9.17, 15) is 4.79 Å². The number of carbonyl (C=O) groups is 1. The summed E-state index contributed by atoms with van der Waals surface area (Å²) in [6.45, 7) is 10.3. The van der Waals surface area contributed by atoms with E-state index in [-0.39, 0.29) is 12.0 Å². The standard InChI is InChI=1S/C12H25NO/c1-6-7-8-11(13-10(4)5)12(14)9(2)3/h9-11,13H,6-8H2,1-5H3/t11-/m1/s1. The number of hydrogen-bond donors (Lipinski definition) is 1. The van der Waals surface area contributed by atoms with Gasteiger partial charge in [-0.25, -0.2) is 0 Å². The van der Waals surface area contributed by atoms with Gasteiger partial charge in [0, 0.05) is 12.0 Å². The maximum atomic E-state index is 11.8. The maximum Gasteiger partial charge on any atom is 0.152 e. The molecule has 0 aliphatic heterocycles. The Labute approximate surface area is 88.5 Å². The molecule has 0 heterocycles. The molecular formula is C12H25NO. The lowest BCUT2D eigenvalue weighted by Gasteiger charge is -2.21. The van der Waals surface area contributed by atoms with Crippen molar-refractivity contribution in [2.75, 3.05) is 0 Å². The highest BCUT2D eigenvalue weighted by molar-refractivity contribution is 5.85. The van der Waals surface area contributed by atoms with Gasteiger partial charge in [0.1, 0.15) is 0 Å². The number of unbranched alkanes of at least 4 members (excludes halogenated alkanes) is 1. The Morgan fingerprint density at radius 2 is 1.79 bits per heavy atom. The molecule has 0 saturated carbocycles. The number of nitrogens with one attached hydrogen (secondary N) is 1. The third-order valence-corrected chi connectivity index (χ3v) is 2.29. The molecule has 0 radical (unpaired) electrons. The number of ketones is 1. The normalized spacial score (nSPS) is 13.6. The van der Waals surface area contributed by atoms with Crippen LogP contribution >= 0.6 is 0 Å². The highest BCUT2D eigenvalue weighted by Crippen LogP contribution is 2.08. The van der Waals surface area contributed by atoms with Crippen LogP contribution in [0.15, 0.2) is 0 Å². The second-order valence-corrected chi connectivity index (χ2v) is 4.57. The largest absolute Gasteiger partial charge is 0.305 e. The summed E-state index contributed by atoms with van der Waals surface area (Å²) in [4.78, 5) is 11.8. The second-order valence-electron chi connectivity index (χ2n) is 4.57. The average Bonchev–Trinajstić information content (AvgIpc) is 2.10. The Morgan fingerprint density at radius 3 is 2.14 bits per heavy atom. The van der Waals surface area contributed by atoms with E-state index in [0.717, 1.165) is 19.3 Å². The molecule has 0 rings (SSSR count). The van der Waals surface area contributed by atoms with Crippen LogP contribution in [0.3, 0.4) is 0 Å². The molecule has 0 fully saturated rings. The first-order valence-corrected chi connectivity index (χ1v) is 5.78. The third kappa shape index (κ3) is 5.38. The summed E-state index contributed by atoms with van der Waals surface area (Å²) < 4.78 is 0. The number of rotatable bonds is 7. The Kier molecular flexibility index (Phi) is 6.81. The molecular weight excluding hydrogens is 174 g/mol. The maximum absolute atomic E-state index is 11.8. The molecule has 0 unspecified atom stereocenters. The molecule has 2 nitrogen and oxygen atoms in total. The summed E-state index contributed by atoms with van der Waals surface area (Å²) in [5.41, 5.74) is 0. The first-order valence-electron chi connectivity index (χ1n) is 5.78. The minimum atomic E-state index is 0.0648. The first-order chi connectivity index (χ1) is 6.49. The Bertz CT molecular complexity index is 164.